The number of carbonyl (C=O) groups is 1. The highest BCUT2D eigenvalue weighted by atomic mass is 32.2. The van der Waals surface area contributed by atoms with Crippen molar-refractivity contribution in [3.05, 3.63) is 59.3 Å². The zero-order valence-corrected chi connectivity index (χ0v) is 14.6. The number of fused-ring (bicyclic) bond motifs is 1. The number of hydrogen-bond donors (Lipinski definition) is 0. The molecule has 0 spiro atoms. The summed E-state index contributed by atoms with van der Waals surface area (Å²) in [6.45, 7) is 3.74. The third kappa shape index (κ3) is 2.82. The smallest absolute Gasteiger partial charge is 0.256 e. The van der Waals surface area contributed by atoms with Gasteiger partial charge in [0.05, 0.1) is 5.56 Å². The quantitative estimate of drug-likeness (QED) is 0.806. The predicted molar refractivity (Wildman–Crippen MR) is 96.3 cm³/mol. The Labute approximate surface area is 146 Å². The summed E-state index contributed by atoms with van der Waals surface area (Å²) in [5.41, 5.74) is 3.64. The lowest BCUT2D eigenvalue weighted by Gasteiger charge is -2.47. The number of hydrogen-bond acceptors (Lipinski definition) is 4. The van der Waals surface area contributed by atoms with Crippen molar-refractivity contribution in [2.24, 2.45) is 0 Å². The summed E-state index contributed by atoms with van der Waals surface area (Å²) in [7, 11) is 0. The summed E-state index contributed by atoms with van der Waals surface area (Å²) < 4.78 is 0. The SMILES string of the molecule is CSc1ncccc1C(=O)N1CC(N2CCc3ccccc3C2)C1. The average Bonchev–Trinajstić information content (AvgIpc) is 2.60. The van der Waals surface area contributed by atoms with Crippen molar-refractivity contribution in [3.63, 3.8) is 0 Å². The number of likely N-dealkylation sites (tertiary alicyclic amines) is 1. The Morgan fingerprint density at radius 2 is 1.96 bits per heavy atom. The summed E-state index contributed by atoms with van der Waals surface area (Å²) in [5, 5.41) is 0.817. The molecule has 1 amide bonds. The predicted octanol–water partition coefficient (Wildman–Crippen LogP) is 2.69. The fourth-order valence-corrected chi connectivity index (χ4v) is 4.11. The highest BCUT2D eigenvalue weighted by Crippen LogP contribution is 2.26. The van der Waals surface area contributed by atoms with E-state index in [0.29, 0.717) is 6.04 Å². The molecule has 0 radical (unpaired) electrons. The molecule has 24 heavy (non-hydrogen) atoms. The molecule has 1 fully saturated rings. The highest BCUT2D eigenvalue weighted by Gasteiger charge is 2.36. The van der Waals surface area contributed by atoms with Crippen molar-refractivity contribution in [1.29, 1.82) is 0 Å². The van der Waals surface area contributed by atoms with E-state index in [4.69, 9.17) is 0 Å². The monoisotopic (exact) mass is 339 g/mol. The van der Waals surface area contributed by atoms with E-state index in [1.54, 1.807) is 6.20 Å². The maximum Gasteiger partial charge on any atom is 0.256 e. The maximum atomic E-state index is 12.7. The van der Waals surface area contributed by atoms with Crippen molar-refractivity contribution >= 4 is 17.7 Å². The third-order valence-electron chi connectivity index (χ3n) is 5.02. The van der Waals surface area contributed by atoms with Gasteiger partial charge in [0, 0.05) is 38.4 Å². The Bertz CT molecular complexity index is 758. The Balaban J connectivity index is 1.39. The number of aromatic nitrogens is 1. The second-order valence-electron chi connectivity index (χ2n) is 6.41. The van der Waals surface area contributed by atoms with Crippen LogP contribution in [-0.2, 0) is 13.0 Å². The minimum Gasteiger partial charge on any atom is -0.335 e. The number of amides is 1. The molecule has 4 nitrogen and oxygen atoms in total. The summed E-state index contributed by atoms with van der Waals surface area (Å²) in [6.07, 6.45) is 4.82. The molecular weight excluding hydrogens is 318 g/mol. The number of thioether (sulfide) groups is 1. The van der Waals surface area contributed by atoms with Crippen molar-refractivity contribution in [1.82, 2.24) is 14.8 Å². The summed E-state index contributed by atoms with van der Waals surface area (Å²) >= 11 is 1.53. The molecule has 0 unspecified atom stereocenters. The van der Waals surface area contributed by atoms with Crippen molar-refractivity contribution in [3.8, 4) is 0 Å². The molecule has 5 heteroatoms. The number of pyridine rings is 1. The molecule has 2 aromatic rings. The lowest BCUT2D eigenvalue weighted by Crippen LogP contribution is -2.61. The Morgan fingerprint density at radius 3 is 2.75 bits per heavy atom. The zero-order valence-electron chi connectivity index (χ0n) is 13.8. The molecule has 0 saturated carbocycles. The van der Waals surface area contributed by atoms with Crippen LogP contribution < -0.4 is 0 Å². The largest absolute Gasteiger partial charge is 0.335 e. The molecule has 0 atom stereocenters. The normalized spacial score (nSPS) is 18.1. The first-order valence-electron chi connectivity index (χ1n) is 8.35. The van der Waals surface area contributed by atoms with Crippen LogP contribution in [0.5, 0.6) is 0 Å². The second kappa shape index (κ2) is 6.57. The molecule has 1 aromatic carbocycles. The first-order chi connectivity index (χ1) is 11.8. The molecule has 3 heterocycles. The van der Waals surface area contributed by atoms with Gasteiger partial charge in [-0.2, -0.15) is 0 Å². The van der Waals surface area contributed by atoms with E-state index in [1.807, 2.05) is 23.3 Å². The van der Waals surface area contributed by atoms with Gasteiger partial charge in [0.25, 0.3) is 5.91 Å². The fraction of sp³-hybridized carbons (Fsp3) is 0.368. The standard InChI is InChI=1S/C19H21N3OS/c1-24-18-17(7-4-9-20-18)19(23)22-12-16(13-22)21-10-8-14-5-2-3-6-15(14)11-21/h2-7,9,16H,8,10-13H2,1H3. The van der Waals surface area contributed by atoms with Crippen LogP contribution in [0.25, 0.3) is 0 Å². The topological polar surface area (TPSA) is 36.4 Å². The summed E-state index contributed by atoms with van der Waals surface area (Å²) in [6, 6.07) is 12.9. The van der Waals surface area contributed by atoms with E-state index < -0.39 is 0 Å². The van der Waals surface area contributed by atoms with Crippen LogP contribution in [0.3, 0.4) is 0 Å². The van der Waals surface area contributed by atoms with Gasteiger partial charge in [-0.15, -0.1) is 11.8 Å². The Morgan fingerprint density at radius 1 is 1.17 bits per heavy atom. The molecule has 4 rings (SSSR count). The number of nitrogens with zero attached hydrogens (tertiary/aromatic N) is 3. The zero-order chi connectivity index (χ0) is 16.5. The summed E-state index contributed by atoms with van der Waals surface area (Å²) in [4.78, 5) is 21.5. The van der Waals surface area contributed by atoms with Gasteiger partial charge in [0.2, 0.25) is 0 Å². The molecular formula is C19H21N3OS. The van der Waals surface area contributed by atoms with E-state index in [9.17, 15) is 4.79 Å². The van der Waals surface area contributed by atoms with Gasteiger partial charge in [-0.25, -0.2) is 4.98 Å². The van der Waals surface area contributed by atoms with Crippen LogP contribution in [0.2, 0.25) is 0 Å². The molecule has 0 aliphatic carbocycles. The van der Waals surface area contributed by atoms with Crippen LogP contribution in [0.1, 0.15) is 21.5 Å². The van der Waals surface area contributed by atoms with Crippen LogP contribution in [0.4, 0.5) is 0 Å². The molecule has 124 valence electrons. The summed E-state index contributed by atoms with van der Waals surface area (Å²) in [5.74, 6) is 0.112. The van der Waals surface area contributed by atoms with E-state index in [-0.39, 0.29) is 5.91 Å². The fourth-order valence-electron chi connectivity index (χ4n) is 3.57. The van der Waals surface area contributed by atoms with Gasteiger partial charge < -0.3 is 4.90 Å². The van der Waals surface area contributed by atoms with Crippen molar-refractivity contribution in [2.75, 3.05) is 25.9 Å². The van der Waals surface area contributed by atoms with Gasteiger partial charge >= 0.3 is 0 Å². The molecule has 0 bridgehead atoms. The minimum atomic E-state index is 0.112. The van der Waals surface area contributed by atoms with E-state index in [2.05, 4.69) is 34.1 Å². The van der Waals surface area contributed by atoms with Crippen LogP contribution in [0.15, 0.2) is 47.6 Å². The third-order valence-corrected chi connectivity index (χ3v) is 5.73. The van der Waals surface area contributed by atoms with Crippen molar-refractivity contribution in [2.45, 2.75) is 24.0 Å². The number of benzene rings is 1. The Hall–Kier alpha value is -1.85. The van der Waals surface area contributed by atoms with Gasteiger partial charge in [-0.05, 0) is 35.9 Å². The maximum absolute atomic E-state index is 12.7. The van der Waals surface area contributed by atoms with Gasteiger partial charge in [0.15, 0.2) is 0 Å². The van der Waals surface area contributed by atoms with Gasteiger partial charge in [0.1, 0.15) is 5.03 Å². The van der Waals surface area contributed by atoms with E-state index in [0.717, 1.165) is 43.2 Å². The number of carbonyl (C=O) groups excluding carboxylic acids is 1. The lowest BCUT2D eigenvalue weighted by molar-refractivity contribution is 0.0215. The van der Waals surface area contributed by atoms with Crippen LogP contribution in [-0.4, -0.2) is 52.6 Å². The first kappa shape index (κ1) is 15.7. The first-order valence-corrected chi connectivity index (χ1v) is 9.58. The van der Waals surface area contributed by atoms with E-state index >= 15 is 0 Å². The average molecular weight is 339 g/mol. The van der Waals surface area contributed by atoms with Crippen molar-refractivity contribution < 1.29 is 4.79 Å². The highest BCUT2D eigenvalue weighted by molar-refractivity contribution is 7.98. The lowest BCUT2D eigenvalue weighted by atomic mass is 9.96. The molecule has 1 aromatic heterocycles. The molecule has 2 aliphatic heterocycles. The molecule has 2 aliphatic rings. The number of rotatable bonds is 3. The molecule has 1 saturated heterocycles. The van der Waals surface area contributed by atoms with Gasteiger partial charge in [-0.1, -0.05) is 24.3 Å². The minimum absolute atomic E-state index is 0.112. The Kier molecular flexibility index (Phi) is 4.29. The van der Waals surface area contributed by atoms with Crippen LogP contribution in [0, 0.1) is 0 Å². The molecule has 0 N–H and O–H groups in total. The van der Waals surface area contributed by atoms with Gasteiger partial charge in [-0.3, -0.25) is 9.69 Å². The van der Waals surface area contributed by atoms with E-state index in [1.165, 1.54) is 22.9 Å². The van der Waals surface area contributed by atoms with Crippen LogP contribution >= 0.6 is 11.8 Å². The second-order valence-corrected chi connectivity index (χ2v) is 7.21.